The molecule has 1 aliphatic carbocycles. The Hall–Kier alpha value is -2.30. The highest BCUT2D eigenvalue weighted by Crippen LogP contribution is 2.50. The van der Waals surface area contributed by atoms with Crippen molar-refractivity contribution < 1.29 is 9.53 Å². The minimum atomic E-state index is 0.135. The van der Waals surface area contributed by atoms with E-state index in [0.29, 0.717) is 11.8 Å². The smallest absolute Gasteiger partial charge is 0.226 e. The van der Waals surface area contributed by atoms with Crippen LogP contribution in [0.25, 0.3) is 0 Å². The predicted molar refractivity (Wildman–Crippen MR) is 90.7 cm³/mol. The fourth-order valence-corrected chi connectivity index (χ4v) is 3.89. The largest absolute Gasteiger partial charge is 0.497 e. The summed E-state index contributed by atoms with van der Waals surface area (Å²) in [5.41, 5.74) is 2.40. The number of hydrogen-bond donors (Lipinski definition) is 0. The van der Waals surface area contributed by atoms with E-state index in [1.54, 1.807) is 7.11 Å². The second kappa shape index (κ2) is 5.96. The van der Waals surface area contributed by atoms with Gasteiger partial charge >= 0.3 is 0 Å². The Morgan fingerprint density at radius 1 is 1.25 bits per heavy atom. The molecular weight excluding hydrogens is 302 g/mol. The van der Waals surface area contributed by atoms with E-state index in [0.717, 1.165) is 37.1 Å². The summed E-state index contributed by atoms with van der Waals surface area (Å²) < 4.78 is 7.02. The van der Waals surface area contributed by atoms with Gasteiger partial charge in [0.05, 0.1) is 19.3 Å². The highest BCUT2D eigenvalue weighted by atomic mass is 16.5. The van der Waals surface area contributed by atoms with Gasteiger partial charge in [0.1, 0.15) is 5.75 Å². The van der Waals surface area contributed by atoms with E-state index in [2.05, 4.69) is 22.1 Å². The molecular formula is C19H23N3O2. The van der Waals surface area contributed by atoms with Crippen LogP contribution in [0.3, 0.4) is 0 Å². The molecule has 3 atom stereocenters. The fourth-order valence-electron chi connectivity index (χ4n) is 3.89. The molecule has 126 valence electrons. The molecule has 0 radical (unpaired) electrons. The van der Waals surface area contributed by atoms with Crippen molar-refractivity contribution in [1.82, 2.24) is 14.7 Å². The second-order valence-corrected chi connectivity index (χ2v) is 6.86. The Bertz CT molecular complexity index is 737. The Balaban J connectivity index is 1.46. The summed E-state index contributed by atoms with van der Waals surface area (Å²) in [6, 6.07) is 8.31. The summed E-state index contributed by atoms with van der Waals surface area (Å²) in [5.74, 6) is 1.66. The normalized spacial score (nSPS) is 25.8. The van der Waals surface area contributed by atoms with Crippen LogP contribution < -0.4 is 4.74 Å². The van der Waals surface area contributed by atoms with Crippen LogP contribution in [0.4, 0.5) is 0 Å². The van der Waals surface area contributed by atoms with Crippen LogP contribution in [-0.4, -0.2) is 34.2 Å². The van der Waals surface area contributed by atoms with Crippen LogP contribution >= 0.6 is 0 Å². The summed E-state index contributed by atoms with van der Waals surface area (Å²) in [5, 5.41) is 4.26. The molecule has 0 bridgehead atoms. The minimum absolute atomic E-state index is 0.135. The highest BCUT2D eigenvalue weighted by molar-refractivity contribution is 5.83. The fraction of sp³-hybridized carbons (Fsp3) is 0.474. The maximum atomic E-state index is 13.0. The van der Waals surface area contributed by atoms with Crippen molar-refractivity contribution in [2.75, 3.05) is 13.7 Å². The molecule has 0 spiro atoms. The standard InChI is InChI=1S/C19H23N3O2/c1-21-12-14(11-20-21)18-4-3-9-22(18)19(23)17-10-16(17)13-5-7-15(24-2)8-6-13/h5-8,11-12,16-18H,3-4,9-10H2,1-2H3/t16-,17-,18-/m0/s1. The lowest BCUT2D eigenvalue weighted by molar-refractivity contribution is -0.133. The lowest BCUT2D eigenvalue weighted by Crippen LogP contribution is -2.32. The number of benzene rings is 1. The summed E-state index contributed by atoms with van der Waals surface area (Å²) in [4.78, 5) is 15.1. The van der Waals surface area contributed by atoms with Gasteiger partial charge in [-0.15, -0.1) is 0 Å². The van der Waals surface area contributed by atoms with Crippen LogP contribution in [0.1, 0.15) is 42.3 Å². The van der Waals surface area contributed by atoms with Gasteiger partial charge < -0.3 is 9.64 Å². The van der Waals surface area contributed by atoms with E-state index in [-0.39, 0.29) is 12.0 Å². The third-order valence-corrected chi connectivity index (χ3v) is 5.30. The Labute approximate surface area is 142 Å². The number of amides is 1. The Morgan fingerprint density at radius 3 is 2.71 bits per heavy atom. The molecule has 2 fully saturated rings. The van der Waals surface area contributed by atoms with E-state index in [4.69, 9.17) is 4.74 Å². The van der Waals surface area contributed by atoms with Gasteiger partial charge in [0.25, 0.3) is 0 Å². The number of likely N-dealkylation sites (tertiary alicyclic amines) is 1. The molecule has 1 aromatic carbocycles. The van der Waals surface area contributed by atoms with Crippen molar-refractivity contribution >= 4 is 5.91 Å². The van der Waals surface area contributed by atoms with Gasteiger partial charge in [0, 0.05) is 31.3 Å². The molecule has 2 aliphatic rings. The van der Waals surface area contributed by atoms with Gasteiger partial charge in [0.2, 0.25) is 5.91 Å². The molecule has 2 aromatic rings. The molecule has 1 aliphatic heterocycles. The number of ether oxygens (including phenoxy) is 1. The summed E-state index contributed by atoms with van der Waals surface area (Å²) in [6.07, 6.45) is 7.00. The number of hydrogen-bond acceptors (Lipinski definition) is 3. The lowest BCUT2D eigenvalue weighted by atomic mass is 10.1. The molecule has 1 aromatic heterocycles. The van der Waals surface area contributed by atoms with E-state index in [9.17, 15) is 4.79 Å². The highest BCUT2D eigenvalue weighted by Gasteiger charge is 2.47. The average Bonchev–Trinajstić information content (AvgIpc) is 3.03. The first-order valence-electron chi connectivity index (χ1n) is 8.60. The van der Waals surface area contributed by atoms with Crippen LogP contribution in [0, 0.1) is 5.92 Å². The maximum absolute atomic E-state index is 13.0. The van der Waals surface area contributed by atoms with E-state index >= 15 is 0 Å². The van der Waals surface area contributed by atoms with Gasteiger partial charge in [0.15, 0.2) is 0 Å². The molecule has 1 amide bonds. The second-order valence-electron chi connectivity index (χ2n) is 6.86. The van der Waals surface area contributed by atoms with Gasteiger partial charge in [-0.1, -0.05) is 12.1 Å². The monoisotopic (exact) mass is 325 g/mol. The number of aryl methyl sites for hydroxylation is 1. The van der Waals surface area contributed by atoms with Crippen molar-refractivity contribution in [3.63, 3.8) is 0 Å². The van der Waals surface area contributed by atoms with Crippen LogP contribution in [0.2, 0.25) is 0 Å². The SMILES string of the molecule is COc1ccc([C@@H]2C[C@@H]2C(=O)N2CCC[C@H]2c2cnn(C)c2)cc1. The first kappa shape index (κ1) is 15.2. The maximum Gasteiger partial charge on any atom is 0.226 e. The van der Waals surface area contributed by atoms with Crippen LogP contribution in [0.15, 0.2) is 36.7 Å². The van der Waals surface area contributed by atoms with Crippen molar-refractivity contribution in [2.24, 2.45) is 13.0 Å². The third kappa shape index (κ3) is 2.68. The zero-order chi connectivity index (χ0) is 16.7. The predicted octanol–water partition coefficient (Wildman–Crippen LogP) is 2.90. The third-order valence-electron chi connectivity index (χ3n) is 5.30. The first-order valence-corrected chi connectivity index (χ1v) is 8.60. The number of rotatable bonds is 4. The average molecular weight is 325 g/mol. The van der Waals surface area contributed by atoms with Crippen LogP contribution in [0.5, 0.6) is 5.75 Å². The number of aromatic nitrogens is 2. The molecule has 5 nitrogen and oxygen atoms in total. The van der Waals surface area contributed by atoms with Crippen LogP contribution in [-0.2, 0) is 11.8 Å². The molecule has 1 saturated heterocycles. The topological polar surface area (TPSA) is 47.4 Å². The number of methoxy groups -OCH3 is 1. The molecule has 5 heteroatoms. The van der Waals surface area contributed by atoms with Gasteiger partial charge in [-0.05, 0) is 42.9 Å². The first-order chi connectivity index (χ1) is 11.7. The minimum Gasteiger partial charge on any atom is -0.497 e. The number of carbonyl (C=O) groups excluding carboxylic acids is 1. The molecule has 2 heterocycles. The van der Waals surface area contributed by atoms with Gasteiger partial charge in [-0.3, -0.25) is 9.48 Å². The van der Waals surface area contributed by atoms with Gasteiger partial charge in [-0.2, -0.15) is 5.10 Å². The van der Waals surface area contributed by atoms with Gasteiger partial charge in [-0.25, -0.2) is 0 Å². The van der Waals surface area contributed by atoms with Crippen molar-refractivity contribution in [1.29, 1.82) is 0 Å². The van der Waals surface area contributed by atoms with E-state index in [1.165, 1.54) is 5.56 Å². The van der Waals surface area contributed by atoms with Crippen molar-refractivity contribution in [2.45, 2.75) is 31.2 Å². The zero-order valence-corrected chi connectivity index (χ0v) is 14.2. The summed E-state index contributed by atoms with van der Waals surface area (Å²) >= 11 is 0. The van der Waals surface area contributed by atoms with Crippen molar-refractivity contribution in [3.05, 3.63) is 47.8 Å². The van der Waals surface area contributed by atoms with E-state index < -0.39 is 0 Å². The summed E-state index contributed by atoms with van der Waals surface area (Å²) in [7, 11) is 3.59. The molecule has 0 N–H and O–H groups in total. The molecule has 1 saturated carbocycles. The molecule has 24 heavy (non-hydrogen) atoms. The number of nitrogens with zero attached hydrogens (tertiary/aromatic N) is 3. The Morgan fingerprint density at radius 2 is 2.04 bits per heavy atom. The quantitative estimate of drug-likeness (QED) is 0.868. The van der Waals surface area contributed by atoms with Crippen molar-refractivity contribution in [3.8, 4) is 5.75 Å². The Kier molecular flexibility index (Phi) is 3.79. The zero-order valence-electron chi connectivity index (χ0n) is 14.2. The summed E-state index contributed by atoms with van der Waals surface area (Å²) in [6.45, 7) is 0.865. The lowest BCUT2D eigenvalue weighted by Gasteiger charge is -2.24. The molecule has 0 unspecified atom stereocenters. The number of carbonyl (C=O) groups is 1. The van der Waals surface area contributed by atoms with E-state index in [1.807, 2.05) is 36.3 Å². The molecule has 4 rings (SSSR count).